The number of aryl methyl sites for hydroxylation is 1. The molecule has 0 amide bonds. The fourth-order valence-electron chi connectivity index (χ4n) is 1.63. The number of rotatable bonds is 6. The fourth-order valence-corrected chi connectivity index (χ4v) is 1.63. The molecule has 0 spiro atoms. The average molecular weight is 237 g/mol. The number of hydrogen-bond acceptors (Lipinski definition) is 3. The molecule has 94 valence electrons. The lowest BCUT2D eigenvalue weighted by Crippen LogP contribution is -2.47. The predicted molar refractivity (Wildman–Crippen MR) is 67.4 cm³/mol. The van der Waals surface area contributed by atoms with Crippen molar-refractivity contribution in [2.45, 2.75) is 25.8 Å². The summed E-state index contributed by atoms with van der Waals surface area (Å²) in [6.45, 7) is 3.78. The predicted octanol–water partition coefficient (Wildman–Crippen LogP) is 2.15. The lowest BCUT2D eigenvalue weighted by Gasteiger charge is -2.26. The maximum atomic E-state index is 11.2. The first kappa shape index (κ1) is 13.5. The van der Waals surface area contributed by atoms with Crippen LogP contribution < -0.4 is 5.32 Å². The Bertz CT molecular complexity index is 392. The molecule has 0 bridgehead atoms. The van der Waals surface area contributed by atoms with Crippen LogP contribution in [-0.4, -0.2) is 30.3 Å². The summed E-state index contributed by atoms with van der Waals surface area (Å²) in [5, 5.41) is 12.2. The van der Waals surface area contributed by atoms with E-state index < -0.39 is 11.5 Å². The lowest BCUT2D eigenvalue weighted by molar-refractivity contribution is -0.143. The van der Waals surface area contributed by atoms with Crippen LogP contribution in [0, 0.1) is 0 Å². The highest BCUT2D eigenvalue weighted by Crippen LogP contribution is 2.18. The third kappa shape index (κ3) is 3.46. The van der Waals surface area contributed by atoms with Crippen molar-refractivity contribution in [2.24, 2.45) is 0 Å². The molecule has 4 nitrogen and oxygen atoms in total. The Hall–Kier alpha value is -1.55. The van der Waals surface area contributed by atoms with Crippen molar-refractivity contribution in [3.05, 3.63) is 29.8 Å². The van der Waals surface area contributed by atoms with Gasteiger partial charge in [-0.2, -0.15) is 0 Å². The van der Waals surface area contributed by atoms with Gasteiger partial charge in [0.2, 0.25) is 0 Å². The van der Waals surface area contributed by atoms with E-state index in [2.05, 4.69) is 12.2 Å². The minimum atomic E-state index is -1.11. The monoisotopic (exact) mass is 237 g/mol. The highest BCUT2D eigenvalue weighted by Gasteiger charge is 2.33. The van der Waals surface area contributed by atoms with Crippen LogP contribution in [0.15, 0.2) is 24.3 Å². The molecule has 0 fully saturated rings. The molecule has 1 unspecified atom stereocenters. The molecule has 0 aliphatic carbocycles. The van der Waals surface area contributed by atoms with Crippen molar-refractivity contribution in [3.8, 4) is 0 Å². The van der Waals surface area contributed by atoms with Gasteiger partial charge in [-0.05, 0) is 31.0 Å². The van der Waals surface area contributed by atoms with Gasteiger partial charge < -0.3 is 15.2 Å². The molecule has 4 heteroatoms. The second-order valence-corrected chi connectivity index (χ2v) is 4.25. The van der Waals surface area contributed by atoms with E-state index in [-0.39, 0.29) is 6.61 Å². The van der Waals surface area contributed by atoms with Crippen LogP contribution in [0.3, 0.4) is 0 Å². The molecule has 0 radical (unpaired) electrons. The number of carboxylic acid groups (broad SMARTS) is 1. The number of carboxylic acids is 1. The van der Waals surface area contributed by atoms with Gasteiger partial charge in [0.25, 0.3) is 0 Å². The number of carbonyl (C=O) groups is 1. The van der Waals surface area contributed by atoms with Crippen molar-refractivity contribution >= 4 is 11.7 Å². The van der Waals surface area contributed by atoms with Crippen LogP contribution in [-0.2, 0) is 16.0 Å². The van der Waals surface area contributed by atoms with Crippen LogP contribution in [0.2, 0.25) is 0 Å². The first-order valence-electron chi connectivity index (χ1n) is 5.61. The SMILES string of the molecule is CCc1cccc(NC(C)(COC)C(=O)O)c1. The smallest absolute Gasteiger partial charge is 0.331 e. The largest absolute Gasteiger partial charge is 0.479 e. The summed E-state index contributed by atoms with van der Waals surface area (Å²) in [6.07, 6.45) is 0.920. The number of anilines is 1. The van der Waals surface area contributed by atoms with E-state index in [1.807, 2.05) is 24.3 Å². The van der Waals surface area contributed by atoms with Crippen LogP contribution in [0.4, 0.5) is 5.69 Å². The molecule has 1 aromatic rings. The summed E-state index contributed by atoms with van der Waals surface area (Å²) in [4.78, 5) is 11.2. The van der Waals surface area contributed by atoms with Gasteiger partial charge in [-0.3, -0.25) is 0 Å². The molecule has 17 heavy (non-hydrogen) atoms. The van der Waals surface area contributed by atoms with Gasteiger partial charge in [-0.15, -0.1) is 0 Å². The van der Waals surface area contributed by atoms with Gasteiger partial charge in [-0.1, -0.05) is 19.1 Å². The van der Waals surface area contributed by atoms with Crippen molar-refractivity contribution in [3.63, 3.8) is 0 Å². The van der Waals surface area contributed by atoms with Crippen LogP contribution in [0.1, 0.15) is 19.4 Å². The van der Waals surface area contributed by atoms with E-state index in [9.17, 15) is 9.90 Å². The number of methoxy groups -OCH3 is 1. The van der Waals surface area contributed by atoms with Gasteiger partial charge in [0, 0.05) is 12.8 Å². The molecular formula is C13H19NO3. The molecule has 0 aliphatic heterocycles. The lowest BCUT2D eigenvalue weighted by atomic mass is 10.0. The van der Waals surface area contributed by atoms with E-state index in [1.54, 1.807) is 6.92 Å². The van der Waals surface area contributed by atoms with Crippen LogP contribution in [0.5, 0.6) is 0 Å². The van der Waals surface area contributed by atoms with Crippen molar-refractivity contribution in [1.82, 2.24) is 0 Å². The normalized spacial score (nSPS) is 14.1. The fraction of sp³-hybridized carbons (Fsp3) is 0.462. The molecule has 0 aliphatic rings. The van der Waals surface area contributed by atoms with Crippen molar-refractivity contribution in [2.75, 3.05) is 19.0 Å². The summed E-state index contributed by atoms with van der Waals surface area (Å²) in [5.74, 6) is -0.929. The van der Waals surface area contributed by atoms with Crippen molar-refractivity contribution in [1.29, 1.82) is 0 Å². The second kappa shape index (κ2) is 5.68. The zero-order chi connectivity index (χ0) is 12.9. The number of ether oxygens (including phenoxy) is 1. The third-order valence-electron chi connectivity index (χ3n) is 2.66. The summed E-state index contributed by atoms with van der Waals surface area (Å²) in [5.41, 5.74) is 0.854. The maximum absolute atomic E-state index is 11.2. The molecule has 0 aromatic heterocycles. The van der Waals surface area contributed by atoms with E-state index in [4.69, 9.17) is 4.74 Å². The van der Waals surface area contributed by atoms with Gasteiger partial charge in [0.05, 0.1) is 6.61 Å². The zero-order valence-electron chi connectivity index (χ0n) is 10.5. The van der Waals surface area contributed by atoms with Gasteiger partial charge in [0.15, 0.2) is 5.54 Å². The minimum absolute atomic E-state index is 0.110. The molecule has 1 aromatic carbocycles. The summed E-state index contributed by atoms with van der Waals surface area (Å²) < 4.78 is 4.95. The van der Waals surface area contributed by atoms with E-state index >= 15 is 0 Å². The average Bonchev–Trinajstić information content (AvgIpc) is 2.29. The van der Waals surface area contributed by atoms with Gasteiger partial charge in [0.1, 0.15) is 0 Å². The summed E-state index contributed by atoms with van der Waals surface area (Å²) in [7, 11) is 1.49. The summed E-state index contributed by atoms with van der Waals surface area (Å²) >= 11 is 0. The van der Waals surface area contributed by atoms with Gasteiger partial charge >= 0.3 is 5.97 Å². The quantitative estimate of drug-likeness (QED) is 0.796. The Morgan fingerprint density at radius 1 is 1.53 bits per heavy atom. The molecule has 0 saturated carbocycles. The molecular weight excluding hydrogens is 218 g/mol. The number of benzene rings is 1. The first-order chi connectivity index (χ1) is 8.01. The number of nitrogens with one attached hydrogen (secondary N) is 1. The molecule has 0 saturated heterocycles. The standard InChI is InChI=1S/C13H19NO3/c1-4-10-6-5-7-11(8-10)14-13(2,9-17-3)12(15)16/h5-8,14H,4,9H2,1-3H3,(H,15,16). The van der Waals surface area contributed by atoms with E-state index in [1.165, 1.54) is 12.7 Å². The second-order valence-electron chi connectivity index (χ2n) is 4.25. The third-order valence-corrected chi connectivity index (χ3v) is 2.66. The van der Waals surface area contributed by atoms with E-state index in [0.717, 1.165) is 12.1 Å². The molecule has 1 rings (SSSR count). The minimum Gasteiger partial charge on any atom is -0.479 e. The first-order valence-corrected chi connectivity index (χ1v) is 5.61. The maximum Gasteiger partial charge on any atom is 0.331 e. The van der Waals surface area contributed by atoms with Crippen LogP contribution in [0.25, 0.3) is 0 Å². The zero-order valence-corrected chi connectivity index (χ0v) is 10.5. The highest BCUT2D eigenvalue weighted by molar-refractivity contribution is 5.82. The Kier molecular flexibility index (Phi) is 4.52. The topological polar surface area (TPSA) is 58.6 Å². The number of hydrogen-bond donors (Lipinski definition) is 2. The molecule has 1 atom stereocenters. The van der Waals surface area contributed by atoms with Crippen LogP contribution >= 0.6 is 0 Å². The molecule has 0 heterocycles. The summed E-state index contributed by atoms with van der Waals surface area (Å²) in [6, 6.07) is 7.74. The Morgan fingerprint density at radius 2 is 2.24 bits per heavy atom. The Labute approximate surface area is 102 Å². The van der Waals surface area contributed by atoms with Crippen molar-refractivity contribution < 1.29 is 14.6 Å². The molecule has 2 N–H and O–H groups in total. The van der Waals surface area contributed by atoms with Gasteiger partial charge in [-0.25, -0.2) is 4.79 Å². The highest BCUT2D eigenvalue weighted by atomic mass is 16.5. The van der Waals surface area contributed by atoms with E-state index in [0.29, 0.717) is 0 Å². The number of aliphatic carboxylic acids is 1. The Balaban J connectivity index is 2.89. The Morgan fingerprint density at radius 3 is 2.76 bits per heavy atom.